The third-order valence-corrected chi connectivity index (χ3v) is 2.68. The van der Waals surface area contributed by atoms with E-state index < -0.39 is 6.10 Å². The predicted molar refractivity (Wildman–Crippen MR) is 66.0 cm³/mol. The quantitative estimate of drug-likeness (QED) is 0.879. The number of benzene rings is 1. The summed E-state index contributed by atoms with van der Waals surface area (Å²) in [7, 11) is 1.60. The fraction of sp³-hybridized carbons (Fsp3) is 0.214. The first-order valence-corrected chi connectivity index (χ1v) is 5.46. The first-order chi connectivity index (χ1) is 8.22. The van der Waals surface area contributed by atoms with Crippen LogP contribution in [0.3, 0.4) is 0 Å². The van der Waals surface area contributed by atoms with Crippen molar-refractivity contribution in [3.63, 3.8) is 0 Å². The Morgan fingerprint density at radius 1 is 1.18 bits per heavy atom. The molecule has 0 saturated carbocycles. The Balaban J connectivity index is 2.36. The van der Waals surface area contributed by atoms with E-state index in [1.165, 1.54) is 0 Å². The number of pyridine rings is 1. The molecule has 1 heterocycles. The van der Waals surface area contributed by atoms with Gasteiger partial charge < -0.3 is 9.84 Å². The minimum absolute atomic E-state index is 0.681. The van der Waals surface area contributed by atoms with E-state index in [1.54, 1.807) is 13.3 Å². The van der Waals surface area contributed by atoms with E-state index in [9.17, 15) is 5.11 Å². The number of hydrogen-bond acceptors (Lipinski definition) is 3. The van der Waals surface area contributed by atoms with Gasteiger partial charge >= 0.3 is 0 Å². The van der Waals surface area contributed by atoms with Crippen LogP contribution in [0.15, 0.2) is 42.6 Å². The molecular formula is C14H15NO2. The Morgan fingerprint density at radius 3 is 2.59 bits per heavy atom. The highest BCUT2D eigenvalue weighted by Gasteiger charge is 2.14. The van der Waals surface area contributed by atoms with Crippen molar-refractivity contribution >= 4 is 0 Å². The molecule has 0 spiro atoms. The number of hydrogen-bond donors (Lipinski definition) is 1. The number of para-hydroxylation sites is 1. The number of nitrogens with zero attached hydrogens (tertiary/aromatic N) is 1. The molecule has 2 rings (SSSR count). The van der Waals surface area contributed by atoms with Crippen molar-refractivity contribution in [1.82, 2.24) is 4.98 Å². The number of methoxy groups -OCH3 is 1. The van der Waals surface area contributed by atoms with Gasteiger partial charge in [0.25, 0.3) is 0 Å². The van der Waals surface area contributed by atoms with Gasteiger partial charge in [-0.25, -0.2) is 0 Å². The van der Waals surface area contributed by atoms with Crippen molar-refractivity contribution in [2.45, 2.75) is 13.0 Å². The van der Waals surface area contributed by atoms with Crippen molar-refractivity contribution in [2.75, 3.05) is 7.11 Å². The molecule has 0 radical (unpaired) electrons. The maximum absolute atomic E-state index is 10.3. The lowest BCUT2D eigenvalue weighted by Crippen LogP contribution is -2.02. The van der Waals surface area contributed by atoms with Crippen molar-refractivity contribution in [3.05, 3.63) is 59.4 Å². The molecule has 0 aliphatic heterocycles. The van der Waals surface area contributed by atoms with E-state index in [-0.39, 0.29) is 0 Å². The number of aromatic nitrogens is 1. The Kier molecular flexibility index (Phi) is 3.40. The van der Waals surface area contributed by atoms with Crippen LogP contribution in [0.1, 0.15) is 22.9 Å². The molecule has 0 fully saturated rings. The van der Waals surface area contributed by atoms with Crippen LogP contribution < -0.4 is 4.74 Å². The molecule has 3 nitrogen and oxygen atoms in total. The Labute approximate surface area is 101 Å². The Hall–Kier alpha value is -1.87. The van der Waals surface area contributed by atoms with E-state index in [4.69, 9.17) is 4.74 Å². The number of aliphatic hydroxyl groups is 1. The van der Waals surface area contributed by atoms with Gasteiger partial charge in [0.15, 0.2) is 0 Å². The number of ether oxygens (including phenoxy) is 1. The van der Waals surface area contributed by atoms with Crippen LogP contribution in [0, 0.1) is 6.92 Å². The van der Waals surface area contributed by atoms with Gasteiger partial charge in [0.2, 0.25) is 0 Å². The maximum Gasteiger partial charge on any atom is 0.125 e. The summed E-state index contributed by atoms with van der Waals surface area (Å²) in [6.45, 7) is 1.92. The standard InChI is InChI=1S/C14H15NO2/c1-10-7-8-11(9-15-10)14(16)12-5-3-4-6-13(12)17-2/h3-9,14,16H,1-2H3. The molecule has 1 aromatic carbocycles. The summed E-state index contributed by atoms with van der Waals surface area (Å²) in [5, 5.41) is 10.3. The highest BCUT2D eigenvalue weighted by molar-refractivity contribution is 5.39. The zero-order valence-electron chi connectivity index (χ0n) is 9.92. The maximum atomic E-state index is 10.3. The van der Waals surface area contributed by atoms with E-state index in [2.05, 4.69) is 4.98 Å². The fourth-order valence-electron chi connectivity index (χ4n) is 1.71. The molecule has 0 bridgehead atoms. The van der Waals surface area contributed by atoms with Crippen LogP contribution in [0.4, 0.5) is 0 Å². The van der Waals surface area contributed by atoms with Gasteiger partial charge in [-0.3, -0.25) is 4.98 Å². The molecule has 3 heteroatoms. The summed E-state index contributed by atoms with van der Waals surface area (Å²) in [6, 6.07) is 11.2. The van der Waals surface area contributed by atoms with Crippen molar-refractivity contribution in [3.8, 4) is 5.75 Å². The monoisotopic (exact) mass is 229 g/mol. The van der Waals surface area contributed by atoms with Gasteiger partial charge in [-0.15, -0.1) is 0 Å². The molecule has 1 N–H and O–H groups in total. The van der Waals surface area contributed by atoms with Crippen LogP contribution >= 0.6 is 0 Å². The minimum atomic E-state index is -0.709. The molecule has 0 aliphatic rings. The average molecular weight is 229 g/mol. The Bertz CT molecular complexity index is 494. The van der Waals surface area contributed by atoms with Crippen molar-refractivity contribution in [2.24, 2.45) is 0 Å². The van der Waals surface area contributed by atoms with E-state index >= 15 is 0 Å². The summed E-state index contributed by atoms with van der Waals surface area (Å²) >= 11 is 0. The topological polar surface area (TPSA) is 42.4 Å². The lowest BCUT2D eigenvalue weighted by atomic mass is 10.0. The number of aliphatic hydroxyl groups excluding tert-OH is 1. The highest BCUT2D eigenvalue weighted by Crippen LogP contribution is 2.29. The second-order valence-corrected chi connectivity index (χ2v) is 3.88. The fourth-order valence-corrected chi connectivity index (χ4v) is 1.71. The summed E-state index contributed by atoms with van der Waals surface area (Å²) in [5.74, 6) is 0.681. The molecule has 1 unspecified atom stereocenters. The van der Waals surface area contributed by atoms with Crippen molar-refractivity contribution < 1.29 is 9.84 Å². The summed E-state index contributed by atoms with van der Waals surface area (Å²) < 4.78 is 5.23. The number of aryl methyl sites for hydroxylation is 1. The van der Waals surface area contributed by atoms with Crippen LogP contribution in [-0.2, 0) is 0 Å². The summed E-state index contributed by atoms with van der Waals surface area (Å²) in [5.41, 5.74) is 2.45. The van der Waals surface area contributed by atoms with Crippen molar-refractivity contribution in [1.29, 1.82) is 0 Å². The minimum Gasteiger partial charge on any atom is -0.496 e. The van der Waals surface area contributed by atoms with Gasteiger partial charge in [-0.05, 0) is 19.1 Å². The Morgan fingerprint density at radius 2 is 1.94 bits per heavy atom. The van der Waals surface area contributed by atoms with Crippen LogP contribution in [0.25, 0.3) is 0 Å². The zero-order chi connectivity index (χ0) is 12.3. The SMILES string of the molecule is COc1ccccc1C(O)c1ccc(C)nc1. The van der Waals surface area contributed by atoms with E-state index in [0.29, 0.717) is 5.75 Å². The van der Waals surface area contributed by atoms with E-state index in [1.807, 2.05) is 43.3 Å². The molecule has 17 heavy (non-hydrogen) atoms. The molecule has 0 saturated heterocycles. The first kappa shape index (κ1) is 11.6. The molecule has 2 aromatic rings. The van der Waals surface area contributed by atoms with Gasteiger partial charge in [-0.1, -0.05) is 24.3 Å². The molecule has 0 amide bonds. The normalized spacial score (nSPS) is 12.2. The smallest absolute Gasteiger partial charge is 0.125 e. The third-order valence-electron chi connectivity index (χ3n) is 2.68. The zero-order valence-corrected chi connectivity index (χ0v) is 9.92. The molecular weight excluding hydrogens is 214 g/mol. The van der Waals surface area contributed by atoms with Gasteiger partial charge in [-0.2, -0.15) is 0 Å². The first-order valence-electron chi connectivity index (χ1n) is 5.46. The largest absolute Gasteiger partial charge is 0.496 e. The lowest BCUT2D eigenvalue weighted by Gasteiger charge is -2.14. The molecule has 0 aliphatic carbocycles. The lowest BCUT2D eigenvalue weighted by molar-refractivity contribution is 0.214. The third kappa shape index (κ3) is 2.45. The van der Waals surface area contributed by atoms with Crippen LogP contribution in [0.5, 0.6) is 5.75 Å². The number of rotatable bonds is 3. The molecule has 1 atom stereocenters. The summed E-state index contributed by atoms with van der Waals surface area (Å²) in [6.07, 6.45) is 0.978. The molecule has 1 aromatic heterocycles. The van der Waals surface area contributed by atoms with Gasteiger partial charge in [0, 0.05) is 23.0 Å². The molecule has 88 valence electrons. The highest BCUT2D eigenvalue weighted by atomic mass is 16.5. The van der Waals surface area contributed by atoms with Crippen LogP contribution in [-0.4, -0.2) is 17.2 Å². The van der Waals surface area contributed by atoms with Gasteiger partial charge in [0.1, 0.15) is 11.9 Å². The second-order valence-electron chi connectivity index (χ2n) is 3.88. The van der Waals surface area contributed by atoms with E-state index in [0.717, 1.165) is 16.8 Å². The second kappa shape index (κ2) is 4.97. The average Bonchev–Trinajstić information content (AvgIpc) is 2.39. The summed E-state index contributed by atoms with van der Waals surface area (Å²) in [4.78, 5) is 4.18. The van der Waals surface area contributed by atoms with Crippen LogP contribution in [0.2, 0.25) is 0 Å². The van der Waals surface area contributed by atoms with Gasteiger partial charge in [0.05, 0.1) is 7.11 Å². The predicted octanol–water partition coefficient (Wildman–Crippen LogP) is 2.48.